The topological polar surface area (TPSA) is 35.2 Å². The number of hydrogen-bond acceptors (Lipinski definition) is 2. The summed E-state index contributed by atoms with van der Waals surface area (Å²) >= 11 is 3.46. The molecule has 1 atom stereocenters. The van der Waals surface area contributed by atoms with Gasteiger partial charge in [0, 0.05) is 16.6 Å². The molecule has 1 unspecified atom stereocenters. The predicted octanol–water partition coefficient (Wildman–Crippen LogP) is 5.21. The lowest BCUT2D eigenvalue weighted by Crippen LogP contribution is -2.01. The van der Waals surface area contributed by atoms with Crippen molar-refractivity contribution in [1.82, 2.24) is 0 Å². The monoisotopic (exact) mass is 333 g/mol. The van der Waals surface area contributed by atoms with Crippen LogP contribution in [0.4, 0.5) is 0 Å². The molecule has 106 valence electrons. The zero-order valence-corrected chi connectivity index (χ0v) is 13.5. The number of para-hydroxylation sites is 1. The molecule has 3 heteroatoms. The summed E-state index contributed by atoms with van der Waals surface area (Å²) in [6.07, 6.45) is 1.09. The van der Waals surface area contributed by atoms with Crippen LogP contribution in [0, 0.1) is 0 Å². The normalized spacial score (nSPS) is 12.2. The first-order valence-electron chi connectivity index (χ1n) is 6.91. The maximum Gasteiger partial charge on any atom is 0.132 e. The van der Waals surface area contributed by atoms with Crippen LogP contribution >= 0.6 is 15.9 Å². The zero-order chi connectivity index (χ0) is 14.5. The Morgan fingerprint density at radius 2 is 1.90 bits per heavy atom. The number of nitrogens with two attached hydrogens (primary N) is 1. The summed E-state index contributed by atoms with van der Waals surface area (Å²) in [5, 5.41) is 0. The van der Waals surface area contributed by atoms with Crippen LogP contribution in [0.1, 0.15) is 37.3 Å². The number of benzene rings is 2. The average Bonchev–Trinajstić information content (AvgIpc) is 2.48. The second-order valence-corrected chi connectivity index (χ2v) is 5.82. The molecule has 0 spiro atoms. The molecule has 0 heterocycles. The van der Waals surface area contributed by atoms with E-state index in [2.05, 4.69) is 41.9 Å². The van der Waals surface area contributed by atoms with E-state index in [-0.39, 0.29) is 0 Å². The van der Waals surface area contributed by atoms with Crippen LogP contribution in [0.5, 0.6) is 11.5 Å². The second-order valence-electron chi connectivity index (χ2n) is 4.91. The van der Waals surface area contributed by atoms with Crippen molar-refractivity contribution in [3.8, 4) is 11.5 Å². The highest BCUT2D eigenvalue weighted by molar-refractivity contribution is 9.10. The molecular weight excluding hydrogens is 314 g/mol. The van der Waals surface area contributed by atoms with Crippen molar-refractivity contribution in [2.45, 2.75) is 32.7 Å². The minimum atomic E-state index is 0.459. The predicted molar refractivity (Wildman–Crippen MR) is 87.3 cm³/mol. The molecule has 0 bridgehead atoms. The first-order chi connectivity index (χ1) is 9.65. The van der Waals surface area contributed by atoms with E-state index in [9.17, 15) is 0 Å². The number of hydrogen-bond donors (Lipinski definition) is 1. The van der Waals surface area contributed by atoms with Crippen LogP contribution in [0.3, 0.4) is 0 Å². The summed E-state index contributed by atoms with van der Waals surface area (Å²) in [6, 6.07) is 14.1. The van der Waals surface area contributed by atoms with Gasteiger partial charge in [0.05, 0.1) is 0 Å². The molecule has 0 fully saturated rings. The molecule has 0 aliphatic carbocycles. The third-order valence-corrected chi connectivity index (χ3v) is 4.02. The average molecular weight is 334 g/mol. The largest absolute Gasteiger partial charge is 0.457 e. The van der Waals surface area contributed by atoms with Gasteiger partial charge >= 0.3 is 0 Å². The van der Waals surface area contributed by atoms with Gasteiger partial charge in [0.1, 0.15) is 11.5 Å². The molecule has 0 saturated heterocycles. The quantitative estimate of drug-likeness (QED) is 0.814. The molecule has 2 aromatic carbocycles. The molecule has 2 rings (SSSR count). The van der Waals surface area contributed by atoms with Gasteiger partial charge in [-0.3, -0.25) is 0 Å². The Morgan fingerprint density at radius 3 is 2.60 bits per heavy atom. The summed E-state index contributed by atoms with van der Waals surface area (Å²) in [5.74, 6) is 2.22. The van der Waals surface area contributed by atoms with Gasteiger partial charge in [0.25, 0.3) is 0 Å². The van der Waals surface area contributed by atoms with Crippen LogP contribution in [0.2, 0.25) is 0 Å². The van der Waals surface area contributed by atoms with E-state index in [0.717, 1.165) is 28.0 Å². The molecule has 0 aliphatic rings. The van der Waals surface area contributed by atoms with Gasteiger partial charge in [-0.25, -0.2) is 0 Å². The summed E-state index contributed by atoms with van der Waals surface area (Å²) in [5.41, 5.74) is 8.03. The molecule has 0 radical (unpaired) electrons. The molecule has 0 aliphatic heterocycles. The van der Waals surface area contributed by atoms with Gasteiger partial charge in [-0.1, -0.05) is 48.0 Å². The van der Waals surface area contributed by atoms with E-state index in [1.807, 2.05) is 30.3 Å². The number of ether oxygens (including phenoxy) is 1. The van der Waals surface area contributed by atoms with E-state index in [4.69, 9.17) is 10.5 Å². The highest BCUT2D eigenvalue weighted by Gasteiger charge is 2.12. The van der Waals surface area contributed by atoms with Crippen molar-refractivity contribution in [2.75, 3.05) is 0 Å². The fraction of sp³-hybridized carbons (Fsp3) is 0.294. The standard InChI is InChI=1S/C17H20BrNO/c1-3-12(2)15-6-4-5-7-17(15)20-16-9-8-14(18)10-13(16)11-19/h4-10,12H,3,11,19H2,1-2H3. The van der Waals surface area contributed by atoms with Gasteiger partial charge in [0.15, 0.2) is 0 Å². The van der Waals surface area contributed by atoms with Gasteiger partial charge in [-0.15, -0.1) is 0 Å². The Hall–Kier alpha value is -1.32. The van der Waals surface area contributed by atoms with Crippen LogP contribution in [0.25, 0.3) is 0 Å². The zero-order valence-electron chi connectivity index (χ0n) is 11.9. The van der Waals surface area contributed by atoms with Crippen molar-refractivity contribution < 1.29 is 4.74 Å². The SMILES string of the molecule is CCC(C)c1ccccc1Oc1ccc(Br)cc1CN. The molecule has 0 saturated carbocycles. The maximum absolute atomic E-state index is 6.11. The highest BCUT2D eigenvalue weighted by Crippen LogP contribution is 2.34. The first kappa shape index (κ1) is 15.1. The fourth-order valence-electron chi connectivity index (χ4n) is 2.13. The smallest absolute Gasteiger partial charge is 0.132 e. The van der Waals surface area contributed by atoms with E-state index in [1.165, 1.54) is 5.56 Å². The lowest BCUT2D eigenvalue weighted by atomic mass is 9.98. The Bertz CT molecular complexity index is 583. The van der Waals surface area contributed by atoms with E-state index < -0.39 is 0 Å². The lowest BCUT2D eigenvalue weighted by molar-refractivity contribution is 0.464. The summed E-state index contributed by atoms with van der Waals surface area (Å²) in [4.78, 5) is 0. The molecule has 2 N–H and O–H groups in total. The van der Waals surface area contributed by atoms with Crippen molar-refractivity contribution in [1.29, 1.82) is 0 Å². The van der Waals surface area contributed by atoms with Crippen molar-refractivity contribution >= 4 is 15.9 Å². The Labute approximate surface area is 129 Å². The van der Waals surface area contributed by atoms with E-state index >= 15 is 0 Å². The van der Waals surface area contributed by atoms with Crippen molar-refractivity contribution in [3.05, 3.63) is 58.1 Å². The van der Waals surface area contributed by atoms with Crippen LogP contribution in [-0.4, -0.2) is 0 Å². The lowest BCUT2D eigenvalue weighted by Gasteiger charge is -2.17. The minimum Gasteiger partial charge on any atom is -0.457 e. The maximum atomic E-state index is 6.11. The van der Waals surface area contributed by atoms with Crippen LogP contribution < -0.4 is 10.5 Å². The minimum absolute atomic E-state index is 0.459. The molecule has 0 aromatic heterocycles. The van der Waals surface area contributed by atoms with Crippen molar-refractivity contribution in [3.63, 3.8) is 0 Å². The summed E-state index contributed by atoms with van der Waals surface area (Å²) < 4.78 is 7.12. The first-order valence-corrected chi connectivity index (χ1v) is 7.70. The molecule has 0 amide bonds. The fourth-order valence-corrected chi connectivity index (χ4v) is 2.53. The Balaban J connectivity index is 2.35. The Morgan fingerprint density at radius 1 is 1.15 bits per heavy atom. The highest BCUT2D eigenvalue weighted by atomic mass is 79.9. The van der Waals surface area contributed by atoms with Gasteiger partial charge in [-0.2, -0.15) is 0 Å². The number of halogens is 1. The van der Waals surface area contributed by atoms with Gasteiger partial charge in [-0.05, 0) is 42.2 Å². The van der Waals surface area contributed by atoms with E-state index in [0.29, 0.717) is 12.5 Å². The number of rotatable bonds is 5. The van der Waals surface area contributed by atoms with Crippen LogP contribution in [0.15, 0.2) is 46.9 Å². The Kier molecular flexibility index (Phi) is 5.21. The van der Waals surface area contributed by atoms with Gasteiger partial charge in [0.2, 0.25) is 0 Å². The van der Waals surface area contributed by atoms with Crippen molar-refractivity contribution in [2.24, 2.45) is 5.73 Å². The second kappa shape index (κ2) is 6.91. The third-order valence-electron chi connectivity index (χ3n) is 3.52. The molecule has 2 aromatic rings. The van der Waals surface area contributed by atoms with Gasteiger partial charge < -0.3 is 10.5 Å². The molecule has 2 nitrogen and oxygen atoms in total. The van der Waals surface area contributed by atoms with E-state index in [1.54, 1.807) is 0 Å². The molecule has 20 heavy (non-hydrogen) atoms. The van der Waals surface area contributed by atoms with Crippen LogP contribution in [-0.2, 0) is 6.54 Å². The molecular formula is C17H20BrNO. The summed E-state index contributed by atoms with van der Waals surface area (Å²) in [6.45, 7) is 4.86. The third kappa shape index (κ3) is 3.41. The summed E-state index contributed by atoms with van der Waals surface area (Å²) in [7, 11) is 0.